The van der Waals surface area contributed by atoms with Crippen molar-refractivity contribution in [2.75, 3.05) is 0 Å². The average Bonchev–Trinajstić information content (AvgIpc) is 3.47. The first kappa shape index (κ1) is 16.9. The second kappa shape index (κ2) is 6.41. The topological polar surface area (TPSA) is 12.9 Å². The first-order chi connectivity index (χ1) is 12.9. The molecule has 1 saturated carbocycles. The molecule has 0 aliphatic heterocycles. The normalized spacial score (nSPS) is 25.9. The molecule has 1 fully saturated rings. The summed E-state index contributed by atoms with van der Waals surface area (Å²) in [7, 11) is 0. The van der Waals surface area contributed by atoms with Gasteiger partial charge in [0.1, 0.15) is 0 Å². The largest absolute Gasteiger partial charge is 0.305 e. The second-order valence-corrected chi connectivity index (χ2v) is 7.53. The van der Waals surface area contributed by atoms with Crippen molar-refractivity contribution in [2.24, 2.45) is 11.8 Å². The minimum atomic E-state index is 0. The average molecular weight is 525 g/mol. The summed E-state index contributed by atoms with van der Waals surface area (Å²) in [4.78, 5) is 4.63. The van der Waals surface area contributed by atoms with Crippen molar-refractivity contribution in [1.82, 2.24) is 4.98 Å². The molecule has 133 valence electrons. The van der Waals surface area contributed by atoms with Crippen molar-refractivity contribution in [3.05, 3.63) is 102 Å². The molecule has 1 radical (unpaired) electrons. The first-order valence-electron chi connectivity index (χ1n) is 9.32. The molecule has 2 unspecified atom stereocenters. The Kier molecular flexibility index (Phi) is 4.00. The van der Waals surface area contributed by atoms with E-state index in [1.54, 1.807) is 0 Å². The van der Waals surface area contributed by atoms with Gasteiger partial charge in [-0.2, -0.15) is 0 Å². The Bertz CT molecular complexity index is 1050. The van der Waals surface area contributed by atoms with E-state index in [2.05, 4.69) is 83.9 Å². The van der Waals surface area contributed by atoms with Crippen molar-refractivity contribution < 1.29 is 20.1 Å². The monoisotopic (exact) mass is 525 g/mol. The van der Waals surface area contributed by atoms with Crippen molar-refractivity contribution in [2.45, 2.75) is 11.8 Å². The van der Waals surface area contributed by atoms with Gasteiger partial charge in [-0.25, -0.2) is 0 Å². The molecule has 1 aromatic heterocycles. The molecule has 2 heteroatoms. The predicted molar refractivity (Wildman–Crippen MR) is 105 cm³/mol. The van der Waals surface area contributed by atoms with Crippen LogP contribution >= 0.6 is 0 Å². The van der Waals surface area contributed by atoms with E-state index >= 15 is 0 Å². The van der Waals surface area contributed by atoms with Gasteiger partial charge >= 0.3 is 0 Å². The maximum Gasteiger partial charge on any atom is 0.0166 e. The number of nitrogens with zero attached hydrogens (tertiary/aromatic N) is 1. The van der Waals surface area contributed by atoms with Crippen LogP contribution in [0.4, 0.5) is 0 Å². The summed E-state index contributed by atoms with van der Waals surface area (Å²) in [5.74, 6) is 2.47. The molecule has 2 aromatic carbocycles. The van der Waals surface area contributed by atoms with Gasteiger partial charge in [-0.1, -0.05) is 60.7 Å². The van der Waals surface area contributed by atoms with E-state index in [-0.39, 0.29) is 20.1 Å². The van der Waals surface area contributed by atoms with Gasteiger partial charge in [0.05, 0.1) is 0 Å². The fourth-order valence-corrected chi connectivity index (χ4v) is 4.67. The summed E-state index contributed by atoms with van der Waals surface area (Å²) in [6.45, 7) is 0. The van der Waals surface area contributed by atoms with Crippen LogP contribution in [0.25, 0.3) is 22.4 Å². The van der Waals surface area contributed by atoms with E-state index in [0.29, 0.717) is 23.7 Å². The Morgan fingerprint density at radius 2 is 1.56 bits per heavy atom. The molecule has 4 aliphatic rings. The van der Waals surface area contributed by atoms with E-state index in [9.17, 15) is 0 Å². The number of pyridine rings is 1. The van der Waals surface area contributed by atoms with E-state index in [0.717, 1.165) is 11.3 Å². The van der Waals surface area contributed by atoms with Crippen LogP contribution in [0.1, 0.15) is 23.0 Å². The summed E-state index contributed by atoms with van der Waals surface area (Å²) >= 11 is 0. The number of aromatic nitrogens is 1. The third-order valence-corrected chi connectivity index (χ3v) is 6.09. The number of allylic oxidation sites excluding steroid dienone is 4. The standard InChI is InChI=1S/C25H18N.Ir/c1-2-4-16(5-3-1)18-12-13-26-24(15-18)19-8-11-22-23(14-19)17-6-9-20-21(10-7-17)25(20)22;/h1-7,9-15,17,20-21,25H;/q-1;. The summed E-state index contributed by atoms with van der Waals surface area (Å²) < 4.78 is 0. The zero-order valence-electron chi connectivity index (χ0n) is 14.7. The van der Waals surface area contributed by atoms with Crippen LogP contribution < -0.4 is 0 Å². The second-order valence-electron chi connectivity index (χ2n) is 7.53. The molecule has 4 bridgehead atoms. The third kappa shape index (κ3) is 2.67. The Morgan fingerprint density at radius 1 is 0.778 bits per heavy atom. The van der Waals surface area contributed by atoms with E-state index in [1.165, 1.54) is 22.3 Å². The molecular weight excluding hydrogens is 506 g/mol. The van der Waals surface area contributed by atoms with Crippen molar-refractivity contribution >= 4 is 0 Å². The predicted octanol–water partition coefficient (Wildman–Crippen LogP) is 5.77. The minimum absolute atomic E-state index is 0. The van der Waals surface area contributed by atoms with Crippen LogP contribution in [0, 0.1) is 17.9 Å². The van der Waals surface area contributed by atoms with Crippen LogP contribution in [0.2, 0.25) is 0 Å². The number of rotatable bonds is 2. The van der Waals surface area contributed by atoms with Gasteiger partial charge < -0.3 is 4.98 Å². The van der Waals surface area contributed by atoms with Gasteiger partial charge in [0.25, 0.3) is 0 Å². The SMILES string of the molecule is [Ir].[c-]1cc2c(cc1-c1cc(-c3ccccc3)ccn1)C1C=CC3C(C=C1)C23. The molecule has 27 heavy (non-hydrogen) atoms. The Balaban J connectivity index is 0.00000160. The molecule has 4 aliphatic carbocycles. The third-order valence-electron chi connectivity index (χ3n) is 6.09. The molecule has 0 saturated heterocycles. The quantitative estimate of drug-likeness (QED) is 0.307. The number of benzene rings is 2. The van der Waals surface area contributed by atoms with E-state index in [1.807, 2.05) is 12.3 Å². The maximum absolute atomic E-state index is 4.63. The van der Waals surface area contributed by atoms with Crippen molar-refractivity contribution in [3.8, 4) is 22.4 Å². The van der Waals surface area contributed by atoms with Crippen LogP contribution in [0.5, 0.6) is 0 Å². The summed E-state index contributed by atoms with van der Waals surface area (Å²) in [5, 5.41) is 0. The molecule has 0 amide bonds. The van der Waals surface area contributed by atoms with Crippen LogP contribution in [0.15, 0.2) is 85.1 Å². The summed E-state index contributed by atoms with van der Waals surface area (Å²) in [5.41, 5.74) is 7.42. The van der Waals surface area contributed by atoms with Crippen LogP contribution in [0.3, 0.4) is 0 Å². The van der Waals surface area contributed by atoms with Gasteiger partial charge in [0.2, 0.25) is 0 Å². The zero-order chi connectivity index (χ0) is 17.1. The van der Waals surface area contributed by atoms with Gasteiger partial charge in [-0.15, -0.1) is 34.9 Å². The summed E-state index contributed by atoms with van der Waals surface area (Å²) in [6, 6.07) is 22.8. The van der Waals surface area contributed by atoms with Gasteiger partial charge in [-0.05, 0) is 40.6 Å². The van der Waals surface area contributed by atoms with Crippen LogP contribution in [-0.4, -0.2) is 4.98 Å². The fraction of sp³-hybridized carbons (Fsp3) is 0.160. The first-order valence-corrected chi connectivity index (χ1v) is 9.32. The minimum Gasteiger partial charge on any atom is -0.305 e. The van der Waals surface area contributed by atoms with Crippen LogP contribution in [-0.2, 0) is 20.1 Å². The zero-order valence-corrected chi connectivity index (χ0v) is 17.1. The molecule has 1 heterocycles. The van der Waals surface area contributed by atoms with Gasteiger partial charge in [-0.3, -0.25) is 0 Å². The van der Waals surface area contributed by atoms with Gasteiger partial charge in [0, 0.05) is 32.2 Å². The Morgan fingerprint density at radius 3 is 2.33 bits per heavy atom. The molecule has 0 N–H and O–H groups in total. The Hall–Kier alpha value is -2.28. The van der Waals surface area contributed by atoms with Crippen molar-refractivity contribution in [1.29, 1.82) is 0 Å². The molecular formula is C25H18IrN-. The van der Waals surface area contributed by atoms with Crippen molar-refractivity contribution in [3.63, 3.8) is 0 Å². The maximum atomic E-state index is 4.63. The van der Waals surface area contributed by atoms with Gasteiger partial charge in [0.15, 0.2) is 0 Å². The number of hydrogen-bond donors (Lipinski definition) is 0. The van der Waals surface area contributed by atoms with E-state index in [4.69, 9.17) is 0 Å². The van der Waals surface area contributed by atoms with E-state index < -0.39 is 0 Å². The molecule has 1 nitrogen and oxygen atoms in total. The smallest absolute Gasteiger partial charge is 0.0166 e. The molecule has 0 spiro atoms. The Labute approximate surface area is 173 Å². The summed E-state index contributed by atoms with van der Waals surface area (Å²) in [6.07, 6.45) is 11.5. The molecule has 2 atom stereocenters. The fourth-order valence-electron chi connectivity index (χ4n) is 4.67. The molecule has 3 aromatic rings. The molecule has 7 rings (SSSR count). The number of hydrogen-bond acceptors (Lipinski definition) is 1.